The summed E-state index contributed by atoms with van der Waals surface area (Å²) in [6.07, 6.45) is 0. The molecule has 0 saturated heterocycles. The number of hydrogen-bond donors (Lipinski definition) is 2. The largest absolute Gasteiger partial charge is 0.327 e. The van der Waals surface area contributed by atoms with Crippen molar-refractivity contribution in [2.24, 2.45) is 16.3 Å². The van der Waals surface area contributed by atoms with Gasteiger partial charge in [0.25, 0.3) is 0 Å². The maximum absolute atomic E-state index is 11.1. The number of benzene rings is 1. The Kier molecular flexibility index (Phi) is 2.38. The second-order valence-corrected chi connectivity index (χ2v) is 6.50. The highest BCUT2D eigenvalue weighted by molar-refractivity contribution is 7.89. The Morgan fingerprint density at radius 3 is 1.94 bits per heavy atom. The van der Waals surface area contributed by atoms with Crippen LogP contribution in [0.3, 0.4) is 0 Å². The van der Waals surface area contributed by atoms with E-state index in [0.717, 1.165) is 5.56 Å². The van der Waals surface area contributed by atoms with E-state index >= 15 is 0 Å². The van der Waals surface area contributed by atoms with Crippen LogP contribution in [0, 0.1) is 5.41 Å². The zero-order valence-electron chi connectivity index (χ0n) is 9.34. The van der Waals surface area contributed by atoms with Gasteiger partial charge in [0.05, 0.1) is 4.90 Å². The molecule has 0 radical (unpaired) electrons. The monoisotopic (exact) mass is 240 g/mol. The van der Waals surface area contributed by atoms with E-state index in [9.17, 15) is 8.42 Å². The van der Waals surface area contributed by atoms with Crippen LogP contribution in [0.1, 0.15) is 25.3 Å². The van der Waals surface area contributed by atoms with E-state index < -0.39 is 10.0 Å². The van der Waals surface area contributed by atoms with Crippen molar-refractivity contribution < 1.29 is 8.42 Å². The molecule has 2 rings (SSSR count). The standard InChI is InChI=1S/C11H16N2O2S/c1-11(2)9(10(11)12)7-3-5-8(6-4-7)16(13,14)15/h3-6,9-10H,12H2,1-2H3,(H2,13,14,15)/t9-,10-/m0/s1. The van der Waals surface area contributed by atoms with Gasteiger partial charge in [0.2, 0.25) is 10.0 Å². The summed E-state index contributed by atoms with van der Waals surface area (Å²) in [6.45, 7) is 4.21. The lowest BCUT2D eigenvalue weighted by molar-refractivity contribution is 0.596. The molecule has 5 heteroatoms. The molecule has 0 amide bonds. The summed E-state index contributed by atoms with van der Waals surface area (Å²) in [6, 6.07) is 6.79. The molecule has 0 aliphatic heterocycles. The molecule has 16 heavy (non-hydrogen) atoms. The molecule has 1 aliphatic carbocycles. The number of rotatable bonds is 2. The van der Waals surface area contributed by atoms with Crippen LogP contribution in [-0.4, -0.2) is 14.5 Å². The molecule has 4 nitrogen and oxygen atoms in total. The fraction of sp³-hybridized carbons (Fsp3) is 0.455. The predicted molar refractivity (Wildman–Crippen MR) is 62.3 cm³/mol. The lowest BCUT2D eigenvalue weighted by atomic mass is 10.0. The molecule has 1 aromatic rings. The first-order valence-corrected chi connectivity index (χ1v) is 6.67. The molecule has 1 saturated carbocycles. The maximum Gasteiger partial charge on any atom is 0.238 e. The molecule has 1 aliphatic rings. The summed E-state index contributed by atoms with van der Waals surface area (Å²) in [5, 5.41) is 5.03. The van der Waals surface area contributed by atoms with Gasteiger partial charge in [-0.3, -0.25) is 0 Å². The van der Waals surface area contributed by atoms with E-state index in [-0.39, 0.29) is 16.4 Å². The van der Waals surface area contributed by atoms with Crippen molar-refractivity contribution in [2.75, 3.05) is 0 Å². The summed E-state index contributed by atoms with van der Waals surface area (Å²) in [7, 11) is -3.60. The number of primary sulfonamides is 1. The van der Waals surface area contributed by atoms with Crippen molar-refractivity contribution in [1.82, 2.24) is 0 Å². The van der Waals surface area contributed by atoms with Crippen LogP contribution in [0.4, 0.5) is 0 Å². The van der Waals surface area contributed by atoms with Gasteiger partial charge in [0.1, 0.15) is 0 Å². The first-order valence-electron chi connectivity index (χ1n) is 5.13. The van der Waals surface area contributed by atoms with Gasteiger partial charge in [0.15, 0.2) is 0 Å². The third-order valence-corrected chi connectivity index (χ3v) is 4.41. The Labute approximate surface area is 95.7 Å². The van der Waals surface area contributed by atoms with Gasteiger partial charge < -0.3 is 5.73 Å². The molecule has 2 atom stereocenters. The van der Waals surface area contributed by atoms with E-state index in [4.69, 9.17) is 10.9 Å². The normalized spacial score (nSPS) is 27.8. The SMILES string of the molecule is CC1(C)[C@@H](N)[C@@H]1c1ccc(S(N)(=O)=O)cc1. The van der Waals surface area contributed by atoms with Crippen LogP contribution in [0.25, 0.3) is 0 Å². The summed E-state index contributed by atoms with van der Waals surface area (Å²) in [4.78, 5) is 0.142. The van der Waals surface area contributed by atoms with E-state index in [0.29, 0.717) is 5.92 Å². The smallest absolute Gasteiger partial charge is 0.238 e. The Morgan fingerprint density at radius 2 is 1.62 bits per heavy atom. The third-order valence-electron chi connectivity index (χ3n) is 3.48. The minimum absolute atomic E-state index is 0.100. The fourth-order valence-corrected chi connectivity index (χ4v) is 2.69. The molecule has 0 spiro atoms. The van der Waals surface area contributed by atoms with Crippen LogP contribution in [0.5, 0.6) is 0 Å². The average Bonchev–Trinajstić information content (AvgIpc) is 2.65. The van der Waals surface area contributed by atoms with E-state index in [1.807, 2.05) is 0 Å². The number of sulfonamides is 1. The minimum Gasteiger partial charge on any atom is -0.327 e. The van der Waals surface area contributed by atoms with Crippen molar-refractivity contribution in [3.8, 4) is 0 Å². The first-order chi connectivity index (χ1) is 7.24. The Morgan fingerprint density at radius 1 is 1.19 bits per heavy atom. The van der Waals surface area contributed by atoms with Crippen molar-refractivity contribution in [3.05, 3.63) is 29.8 Å². The van der Waals surface area contributed by atoms with Crippen molar-refractivity contribution in [1.29, 1.82) is 0 Å². The quantitative estimate of drug-likeness (QED) is 0.801. The Bertz CT molecular complexity index is 505. The van der Waals surface area contributed by atoms with E-state index in [1.165, 1.54) is 12.1 Å². The number of nitrogens with two attached hydrogens (primary N) is 2. The molecular weight excluding hydrogens is 224 g/mol. The van der Waals surface area contributed by atoms with Gasteiger partial charge in [-0.2, -0.15) is 0 Å². The summed E-state index contributed by atoms with van der Waals surface area (Å²) >= 11 is 0. The Hall–Kier alpha value is -0.910. The topological polar surface area (TPSA) is 86.2 Å². The Balaban J connectivity index is 2.29. The van der Waals surface area contributed by atoms with Crippen molar-refractivity contribution in [3.63, 3.8) is 0 Å². The average molecular weight is 240 g/mol. The third kappa shape index (κ3) is 1.75. The molecule has 0 bridgehead atoms. The predicted octanol–water partition coefficient (Wildman–Crippen LogP) is 0.785. The van der Waals surface area contributed by atoms with E-state index in [2.05, 4.69) is 13.8 Å². The van der Waals surface area contributed by atoms with Crippen LogP contribution in [0.2, 0.25) is 0 Å². The van der Waals surface area contributed by atoms with Crippen LogP contribution >= 0.6 is 0 Å². The van der Waals surface area contributed by atoms with Gasteiger partial charge in [-0.15, -0.1) is 0 Å². The second kappa shape index (κ2) is 3.29. The van der Waals surface area contributed by atoms with Crippen molar-refractivity contribution in [2.45, 2.75) is 30.7 Å². The van der Waals surface area contributed by atoms with Gasteiger partial charge in [-0.25, -0.2) is 13.6 Å². The van der Waals surface area contributed by atoms with Gasteiger partial charge in [-0.1, -0.05) is 26.0 Å². The summed E-state index contributed by atoms with van der Waals surface area (Å²) in [5.41, 5.74) is 7.13. The lowest BCUT2D eigenvalue weighted by Gasteiger charge is -2.04. The maximum atomic E-state index is 11.1. The van der Waals surface area contributed by atoms with Gasteiger partial charge in [-0.05, 0) is 23.1 Å². The highest BCUT2D eigenvalue weighted by atomic mass is 32.2. The van der Waals surface area contributed by atoms with Crippen LogP contribution in [-0.2, 0) is 10.0 Å². The highest BCUT2D eigenvalue weighted by Gasteiger charge is 2.55. The molecule has 0 aromatic heterocycles. The molecule has 1 aromatic carbocycles. The number of hydrogen-bond acceptors (Lipinski definition) is 3. The van der Waals surface area contributed by atoms with Crippen LogP contribution in [0.15, 0.2) is 29.2 Å². The first kappa shape index (κ1) is 11.6. The zero-order valence-corrected chi connectivity index (χ0v) is 10.2. The second-order valence-electron chi connectivity index (χ2n) is 4.94. The zero-order chi connectivity index (χ0) is 12.1. The molecule has 4 N–H and O–H groups in total. The van der Waals surface area contributed by atoms with E-state index in [1.54, 1.807) is 12.1 Å². The van der Waals surface area contributed by atoms with Crippen LogP contribution < -0.4 is 10.9 Å². The fourth-order valence-electron chi connectivity index (χ4n) is 2.18. The molecule has 0 heterocycles. The molecule has 1 fully saturated rings. The lowest BCUT2D eigenvalue weighted by Crippen LogP contribution is -2.12. The molecule has 88 valence electrons. The highest BCUT2D eigenvalue weighted by Crippen LogP contribution is 2.57. The molecular formula is C11H16N2O2S. The summed E-state index contributed by atoms with van der Waals surface area (Å²) < 4.78 is 22.1. The van der Waals surface area contributed by atoms with Gasteiger partial charge >= 0.3 is 0 Å². The van der Waals surface area contributed by atoms with Crippen molar-refractivity contribution >= 4 is 10.0 Å². The van der Waals surface area contributed by atoms with Gasteiger partial charge in [0, 0.05) is 12.0 Å². The summed E-state index contributed by atoms with van der Waals surface area (Å²) in [5.74, 6) is 0.307. The molecule has 0 unspecified atom stereocenters. The minimum atomic E-state index is -3.60.